The summed E-state index contributed by atoms with van der Waals surface area (Å²) in [6, 6.07) is 8.94. The van der Waals surface area contributed by atoms with Crippen LogP contribution in [0.25, 0.3) is 10.9 Å². The molecule has 0 aliphatic carbocycles. The molecular weight excluding hydrogens is 190 g/mol. The summed E-state index contributed by atoms with van der Waals surface area (Å²) in [4.78, 5) is 15.5. The van der Waals surface area contributed by atoms with Gasteiger partial charge in [-0.1, -0.05) is 6.07 Å². The number of nitrogens with zero attached hydrogens (tertiary/aromatic N) is 1. The minimum Gasteiger partial charge on any atom is -0.465 e. The van der Waals surface area contributed by atoms with Gasteiger partial charge in [0.05, 0.1) is 18.2 Å². The first kappa shape index (κ1) is 9.65. The van der Waals surface area contributed by atoms with Crippen LogP contribution in [0, 0.1) is 6.92 Å². The van der Waals surface area contributed by atoms with E-state index in [1.165, 1.54) is 7.11 Å². The number of benzene rings is 1. The highest BCUT2D eigenvalue weighted by molar-refractivity contribution is 5.94. The van der Waals surface area contributed by atoms with E-state index in [1.807, 2.05) is 12.1 Å². The molecule has 0 fully saturated rings. The smallest absolute Gasteiger partial charge is 0.337 e. The molecule has 3 heteroatoms. The van der Waals surface area contributed by atoms with E-state index in [2.05, 4.69) is 16.6 Å². The number of methoxy groups -OCH3 is 1. The van der Waals surface area contributed by atoms with E-state index in [4.69, 9.17) is 0 Å². The molecule has 1 aromatic heterocycles. The Bertz CT molecular complexity index is 520. The van der Waals surface area contributed by atoms with Crippen molar-refractivity contribution in [1.82, 2.24) is 4.98 Å². The van der Waals surface area contributed by atoms with E-state index in [9.17, 15) is 4.79 Å². The topological polar surface area (TPSA) is 39.2 Å². The van der Waals surface area contributed by atoms with Gasteiger partial charge in [0.25, 0.3) is 0 Å². The van der Waals surface area contributed by atoms with Crippen molar-refractivity contribution >= 4 is 16.9 Å². The van der Waals surface area contributed by atoms with Gasteiger partial charge in [-0.05, 0) is 31.2 Å². The van der Waals surface area contributed by atoms with Gasteiger partial charge in [0.15, 0.2) is 0 Å². The van der Waals surface area contributed by atoms with E-state index >= 15 is 0 Å². The second-order valence-corrected chi connectivity index (χ2v) is 3.20. The first-order valence-corrected chi connectivity index (χ1v) is 4.52. The maximum Gasteiger partial charge on any atom is 0.337 e. The Morgan fingerprint density at radius 2 is 2.13 bits per heavy atom. The lowest BCUT2D eigenvalue weighted by Gasteiger charge is -2.02. The average molecular weight is 200 g/mol. The van der Waals surface area contributed by atoms with Crippen LogP contribution in [0.1, 0.15) is 16.1 Å². The first-order valence-electron chi connectivity index (χ1n) is 4.52. The summed E-state index contributed by atoms with van der Waals surface area (Å²) in [5, 5.41) is 0.908. The van der Waals surface area contributed by atoms with E-state index in [0.29, 0.717) is 11.3 Å². The van der Waals surface area contributed by atoms with Crippen LogP contribution in [0.5, 0.6) is 0 Å². The molecule has 0 saturated heterocycles. The Morgan fingerprint density at radius 3 is 2.87 bits per heavy atom. The minimum absolute atomic E-state index is 0.337. The summed E-state index contributed by atoms with van der Waals surface area (Å²) in [6.07, 6.45) is 0. The Balaban J connectivity index is 2.57. The Morgan fingerprint density at radius 1 is 1.33 bits per heavy atom. The molecule has 0 spiro atoms. The lowest BCUT2D eigenvalue weighted by atomic mass is 10.1. The van der Waals surface area contributed by atoms with Crippen molar-refractivity contribution in [3.8, 4) is 0 Å². The third-order valence-corrected chi connectivity index (χ3v) is 2.17. The third-order valence-electron chi connectivity index (χ3n) is 2.17. The molecule has 0 aliphatic heterocycles. The van der Waals surface area contributed by atoms with Gasteiger partial charge in [-0.25, -0.2) is 4.79 Å². The maximum atomic E-state index is 11.3. The molecule has 1 aromatic carbocycles. The molecule has 0 N–H and O–H groups in total. The number of rotatable bonds is 1. The highest BCUT2D eigenvalue weighted by Gasteiger charge is 2.05. The number of carbonyl (C=O) groups is 1. The van der Waals surface area contributed by atoms with Gasteiger partial charge in [0.1, 0.15) is 0 Å². The number of pyridine rings is 1. The molecule has 1 radical (unpaired) electrons. The molecule has 0 bridgehead atoms. The van der Waals surface area contributed by atoms with Crippen LogP contribution in [-0.2, 0) is 4.74 Å². The number of hydrogen-bond donors (Lipinski definition) is 0. The van der Waals surface area contributed by atoms with Crippen molar-refractivity contribution in [3.05, 3.63) is 48.5 Å². The number of fused-ring (bicyclic) bond motifs is 1. The molecule has 75 valence electrons. The van der Waals surface area contributed by atoms with Crippen molar-refractivity contribution in [2.75, 3.05) is 7.11 Å². The third kappa shape index (κ3) is 1.81. The minimum atomic E-state index is -0.337. The summed E-state index contributed by atoms with van der Waals surface area (Å²) in [5.74, 6) is -0.337. The lowest BCUT2D eigenvalue weighted by Crippen LogP contribution is -2.00. The molecule has 3 nitrogen and oxygen atoms in total. The Kier molecular flexibility index (Phi) is 2.37. The molecule has 0 amide bonds. The van der Waals surface area contributed by atoms with Gasteiger partial charge in [0, 0.05) is 11.1 Å². The largest absolute Gasteiger partial charge is 0.465 e. The summed E-state index contributed by atoms with van der Waals surface area (Å²) >= 11 is 0. The van der Waals surface area contributed by atoms with Crippen LogP contribution in [0.2, 0.25) is 0 Å². The number of ether oxygens (including phenoxy) is 1. The van der Waals surface area contributed by atoms with E-state index in [1.54, 1.807) is 18.2 Å². The Hall–Kier alpha value is -1.90. The van der Waals surface area contributed by atoms with E-state index in [-0.39, 0.29) is 5.97 Å². The summed E-state index contributed by atoms with van der Waals surface area (Å²) < 4.78 is 4.64. The Labute approximate surface area is 87.7 Å². The van der Waals surface area contributed by atoms with Gasteiger partial charge in [-0.3, -0.25) is 4.98 Å². The second kappa shape index (κ2) is 3.69. The molecule has 1 heterocycles. The van der Waals surface area contributed by atoms with E-state index < -0.39 is 0 Å². The van der Waals surface area contributed by atoms with Crippen LogP contribution in [0.3, 0.4) is 0 Å². The molecule has 2 aromatic rings. The predicted molar refractivity (Wildman–Crippen MR) is 57.5 cm³/mol. The summed E-state index contributed by atoms with van der Waals surface area (Å²) in [5.41, 5.74) is 2.08. The zero-order valence-electron chi connectivity index (χ0n) is 8.36. The van der Waals surface area contributed by atoms with Crippen LogP contribution >= 0.6 is 0 Å². The van der Waals surface area contributed by atoms with Crippen molar-refractivity contribution < 1.29 is 9.53 Å². The van der Waals surface area contributed by atoms with Gasteiger partial charge in [-0.2, -0.15) is 0 Å². The van der Waals surface area contributed by atoms with Crippen LogP contribution in [0.4, 0.5) is 0 Å². The zero-order valence-corrected chi connectivity index (χ0v) is 8.36. The van der Waals surface area contributed by atoms with Crippen LogP contribution in [0.15, 0.2) is 30.3 Å². The number of esters is 1. The standard InChI is InChI=1S/C12H10NO2/c1-8-3-4-9-7-10(12(14)15-2)5-6-11(9)13-8/h3-7H,1H2,2H3. The van der Waals surface area contributed by atoms with Crippen molar-refractivity contribution in [2.45, 2.75) is 0 Å². The fraction of sp³-hybridized carbons (Fsp3) is 0.0833. The van der Waals surface area contributed by atoms with E-state index in [0.717, 1.165) is 10.9 Å². The van der Waals surface area contributed by atoms with Crippen LogP contribution < -0.4 is 0 Å². The molecule has 0 atom stereocenters. The van der Waals surface area contributed by atoms with Gasteiger partial charge in [-0.15, -0.1) is 0 Å². The fourth-order valence-corrected chi connectivity index (χ4v) is 1.41. The number of carbonyl (C=O) groups excluding carboxylic acids is 1. The fourth-order valence-electron chi connectivity index (χ4n) is 1.41. The lowest BCUT2D eigenvalue weighted by molar-refractivity contribution is 0.0601. The predicted octanol–water partition coefficient (Wildman–Crippen LogP) is 2.20. The molecule has 15 heavy (non-hydrogen) atoms. The SMILES string of the molecule is [CH2]c1ccc2cc(C(=O)OC)ccc2n1. The average Bonchev–Trinajstić information content (AvgIpc) is 2.27. The van der Waals surface area contributed by atoms with Gasteiger partial charge >= 0.3 is 5.97 Å². The second-order valence-electron chi connectivity index (χ2n) is 3.20. The molecular formula is C12H10NO2. The monoisotopic (exact) mass is 200 g/mol. The van der Waals surface area contributed by atoms with Crippen molar-refractivity contribution in [2.24, 2.45) is 0 Å². The molecule has 2 rings (SSSR count). The summed E-state index contributed by atoms with van der Waals surface area (Å²) in [7, 11) is 1.36. The van der Waals surface area contributed by atoms with Crippen LogP contribution in [-0.4, -0.2) is 18.1 Å². The maximum absolute atomic E-state index is 11.3. The van der Waals surface area contributed by atoms with Crippen molar-refractivity contribution in [1.29, 1.82) is 0 Å². The quantitative estimate of drug-likeness (QED) is 0.662. The number of hydrogen-bond acceptors (Lipinski definition) is 3. The zero-order chi connectivity index (χ0) is 10.8. The van der Waals surface area contributed by atoms with Gasteiger partial charge < -0.3 is 4.74 Å². The number of aromatic nitrogens is 1. The first-order chi connectivity index (χ1) is 7.20. The highest BCUT2D eigenvalue weighted by atomic mass is 16.5. The molecule has 0 saturated carbocycles. The van der Waals surface area contributed by atoms with Gasteiger partial charge in [0.2, 0.25) is 0 Å². The molecule has 0 aliphatic rings. The highest BCUT2D eigenvalue weighted by Crippen LogP contribution is 2.15. The normalized spacial score (nSPS) is 10.3. The molecule has 0 unspecified atom stereocenters. The summed E-state index contributed by atoms with van der Waals surface area (Å²) in [6.45, 7) is 3.74. The van der Waals surface area contributed by atoms with Crippen molar-refractivity contribution in [3.63, 3.8) is 0 Å².